The number of unbranched alkanes of at least 4 members (excludes halogenated alkanes) is 1. The maximum absolute atomic E-state index is 12.4. The van der Waals surface area contributed by atoms with Crippen LogP contribution >= 0.6 is 0 Å². The molecule has 0 heterocycles. The molecule has 2 aromatic rings. The van der Waals surface area contributed by atoms with Crippen molar-refractivity contribution in [1.82, 2.24) is 0 Å². The number of hydrogen-bond donors (Lipinski definition) is 1. The molecule has 1 amide bonds. The SMILES string of the molecule is CCCCOc1cccc(NC(=O)C(C)Oc2ccc(C(C)(C)C)cc2)c1. The fraction of sp³-hybridized carbons (Fsp3) is 0.435. The Kier molecular flexibility index (Phi) is 7.28. The Labute approximate surface area is 162 Å². The summed E-state index contributed by atoms with van der Waals surface area (Å²) in [6.45, 7) is 11.0. The first-order chi connectivity index (χ1) is 12.8. The molecular formula is C23H31NO3. The minimum atomic E-state index is -0.602. The molecule has 0 saturated heterocycles. The third-order valence-electron chi connectivity index (χ3n) is 4.27. The average molecular weight is 370 g/mol. The first-order valence-electron chi connectivity index (χ1n) is 9.60. The predicted octanol–water partition coefficient (Wildman–Crippen LogP) is 5.57. The lowest BCUT2D eigenvalue weighted by atomic mass is 9.87. The molecule has 0 bridgehead atoms. The Bertz CT molecular complexity index is 732. The first-order valence-corrected chi connectivity index (χ1v) is 9.60. The summed E-state index contributed by atoms with van der Waals surface area (Å²) in [6.07, 6.45) is 1.49. The van der Waals surface area contributed by atoms with Gasteiger partial charge in [0.1, 0.15) is 11.5 Å². The van der Waals surface area contributed by atoms with Gasteiger partial charge in [-0.25, -0.2) is 0 Å². The van der Waals surface area contributed by atoms with Crippen LogP contribution in [0.25, 0.3) is 0 Å². The van der Waals surface area contributed by atoms with Gasteiger partial charge in [0.05, 0.1) is 6.61 Å². The van der Waals surface area contributed by atoms with Crippen LogP contribution in [-0.4, -0.2) is 18.6 Å². The molecule has 146 valence electrons. The van der Waals surface area contributed by atoms with Crippen molar-refractivity contribution in [3.05, 3.63) is 54.1 Å². The van der Waals surface area contributed by atoms with Gasteiger partial charge in [-0.3, -0.25) is 4.79 Å². The van der Waals surface area contributed by atoms with Gasteiger partial charge in [-0.1, -0.05) is 52.3 Å². The van der Waals surface area contributed by atoms with Crippen LogP contribution in [0.4, 0.5) is 5.69 Å². The van der Waals surface area contributed by atoms with Gasteiger partial charge in [0.25, 0.3) is 5.91 Å². The zero-order valence-electron chi connectivity index (χ0n) is 17.0. The summed E-state index contributed by atoms with van der Waals surface area (Å²) >= 11 is 0. The lowest BCUT2D eigenvalue weighted by Crippen LogP contribution is -2.30. The molecule has 0 aliphatic rings. The summed E-state index contributed by atoms with van der Waals surface area (Å²) in [7, 11) is 0. The Hall–Kier alpha value is -2.49. The second kappa shape index (κ2) is 9.45. The first kappa shape index (κ1) is 20.8. The van der Waals surface area contributed by atoms with E-state index in [2.05, 4.69) is 33.0 Å². The molecular weight excluding hydrogens is 338 g/mol. The van der Waals surface area contributed by atoms with Crippen molar-refractivity contribution in [2.75, 3.05) is 11.9 Å². The smallest absolute Gasteiger partial charge is 0.265 e. The number of ether oxygens (including phenoxy) is 2. The molecule has 2 aromatic carbocycles. The Balaban J connectivity index is 1.92. The normalized spacial score (nSPS) is 12.3. The lowest BCUT2D eigenvalue weighted by molar-refractivity contribution is -0.122. The summed E-state index contributed by atoms with van der Waals surface area (Å²) in [5.74, 6) is 1.25. The number of carbonyl (C=O) groups excluding carboxylic acids is 1. The second-order valence-corrected chi connectivity index (χ2v) is 7.75. The fourth-order valence-corrected chi connectivity index (χ4v) is 2.53. The summed E-state index contributed by atoms with van der Waals surface area (Å²) in [4.78, 5) is 12.4. The molecule has 0 aromatic heterocycles. The van der Waals surface area contributed by atoms with Crippen LogP contribution < -0.4 is 14.8 Å². The van der Waals surface area contributed by atoms with Gasteiger partial charge in [0.15, 0.2) is 6.10 Å². The fourth-order valence-electron chi connectivity index (χ4n) is 2.53. The predicted molar refractivity (Wildman–Crippen MR) is 111 cm³/mol. The maximum atomic E-state index is 12.4. The standard InChI is InChI=1S/C23H31NO3/c1-6-7-15-26-21-10-8-9-19(16-21)24-22(25)17(2)27-20-13-11-18(12-14-20)23(3,4)5/h8-14,16-17H,6-7,15H2,1-5H3,(H,24,25). The molecule has 1 N–H and O–H groups in total. The third kappa shape index (κ3) is 6.63. The molecule has 0 saturated carbocycles. The molecule has 4 heteroatoms. The highest BCUT2D eigenvalue weighted by atomic mass is 16.5. The molecule has 27 heavy (non-hydrogen) atoms. The van der Waals surface area contributed by atoms with Gasteiger partial charge in [-0.15, -0.1) is 0 Å². The monoisotopic (exact) mass is 369 g/mol. The number of amides is 1. The van der Waals surface area contributed by atoms with Crippen molar-refractivity contribution in [2.45, 2.75) is 59.0 Å². The van der Waals surface area contributed by atoms with E-state index in [-0.39, 0.29) is 11.3 Å². The molecule has 1 atom stereocenters. The zero-order valence-corrected chi connectivity index (χ0v) is 17.0. The minimum absolute atomic E-state index is 0.0890. The Morgan fingerprint density at radius 2 is 1.78 bits per heavy atom. The third-order valence-corrected chi connectivity index (χ3v) is 4.27. The molecule has 1 unspecified atom stereocenters. The van der Waals surface area contributed by atoms with Gasteiger partial charge >= 0.3 is 0 Å². The van der Waals surface area contributed by atoms with Crippen molar-refractivity contribution < 1.29 is 14.3 Å². The van der Waals surface area contributed by atoms with Gasteiger partial charge in [-0.2, -0.15) is 0 Å². The summed E-state index contributed by atoms with van der Waals surface area (Å²) in [5, 5.41) is 2.88. The van der Waals surface area contributed by atoms with E-state index in [1.165, 1.54) is 5.56 Å². The van der Waals surface area contributed by atoms with Crippen LogP contribution in [-0.2, 0) is 10.2 Å². The zero-order chi connectivity index (χ0) is 19.9. The average Bonchev–Trinajstić information content (AvgIpc) is 2.62. The highest BCUT2D eigenvalue weighted by molar-refractivity contribution is 5.94. The number of benzene rings is 2. The second-order valence-electron chi connectivity index (χ2n) is 7.75. The summed E-state index contributed by atoms with van der Waals surface area (Å²) in [5.41, 5.74) is 2.02. The number of nitrogens with one attached hydrogen (secondary N) is 1. The highest BCUT2D eigenvalue weighted by Crippen LogP contribution is 2.25. The van der Waals surface area contributed by atoms with Crippen LogP contribution in [0.15, 0.2) is 48.5 Å². The van der Waals surface area contributed by atoms with Crippen LogP contribution in [0, 0.1) is 0 Å². The quantitative estimate of drug-likeness (QED) is 0.619. The summed E-state index contributed by atoms with van der Waals surface area (Å²) < 4.78 is 11.5. The molecule has 4 nitrogen and oxygen atoms in total. The van der Waals surface area contributed by atoms with E-state index in [0.29, 0.717) is 18.0 Å². The molecule has 0 spiro atoms. The lowest BCUT2D eigenvalue weighted by Gasteiger charge is -2.20. The van der Waals surface area contributed by atoms with Crippen molar-refractivity contribution in [2.24, 2.45) is 0 Å². The van der Waals surface area contributed by atoms with Gasteiger partial charge in [-0.05, 0) is 48.6 Å². The topological polar surface area (TPSA) is 47.6 Å². The van der Waals surface area contributed by atoms with Crippen molar-refractivity contribution >= 4 is 11.6 Å². The van der Waals surface area contributed by atoms with Crippen molar-refractivity contribution in [3.8, 4) is 11.5 Å². The van der Waals surface area contributed by atoms with Crippen molar-refractivity contribution in [3.63, 3.8) is 0 Å². The summed E-state index contributed by atoms with van der Waals surface area (Å²) in [6, 6.07) is 15.3. The van der Waals surface area contributed by atoms with E-state index in [0.717, 1.165) is 18.6 Å². The highest BCUT2D eigenvalue weighted by Gasteiger charge is 2.17. The molecule has 0 fully saturated rings. The van der Waals surface area contributed by atoms with E-state index in [1.54, 1.807) is 6.92 Å². The van der Waals surface area contributed by atoms with E-state index < -0.39 is 6.10 Å². The number of hydrogen-bond acceptors (Lipinski definition) is 3. The van der Waals surface area contributed by atoms with E-state index >= 15 is 0 Å². The van der Waals surface area contributed by atoms with Crippen LogP contribution in [0.2, 0.25) is 0 Å². The van der Waals surface area contributed by atoms with Gasteiger partial charge in [0, 0.05) is 11.8 Å². The van der Waals surface area contributed by atoms with Crippen LogP contribution in [0.3, 0.4) is 0 Å². The van der Waals surface area contributed by atoms with E-state index in [4.69, 9.17) is 9.47 Å². The molecule has 0 aliphatic heterocycles. The maximum Gasteiger partial charge on any atom is 0.265 e. The Morgan fingerprint density at radius 3 is 2.41 bits per heavy atom. The Morgan fingerprint density at radius 1 is 1.07 bits per heavy atom. The number of rotatable bonds is 8. The number of carbonyl (C=O) groups is 1. The van der Waals surface area contributed by atoms with Crippen molar-refractivity contribution in [1.29, 1.82) is 0 Å². The van der Waals surface area contributed by atoms with Gasteiger partial charge < -0.3 is 14.8 Å². The number of anilines is 1. The minimum Gasteiger partial charge on any atom is -0.494 e. The van der Waals surface area contributed by atoms with E-state index in [9.17, 15) is 4.79 Å². The van der Waals surface area contributed by atoms with Crippen LogP contribution in [0.5, 0.6) is 11.5 Å². The molecule has 0 radical (unpaired) electrons. The van der Waals surface area contributed by atoms with E-state index in [1.807, 2.05) is 48.5 Å². The van der Waals surface area contributed by atoms with Crippen LogP contribution in [0.1, 0.15) is 53.0 Å². The van der Waals surface area contributed by atoms with Gasteiger partial charge in [0.2, 0.25) is 0 Å². The largest absolute Gasteiger partial charge is 0.494 e. The molecule has 0 aliphatic carbocycles. The molecule has 2 rings (SSSR count).